The van der Waals surface area contributed by atoms with E-state index in [4.69, 9.17) is 11.5 Å². The van der Waals surface area contributed by atoms with E-state index in [1.54, 1.807) is 0 Å². The van der Waals surface area contributed by atoms with Gasteiger partial charge < -0.3 is 11.5 Å². The van der Waals surface area contributed by atoms with E-state index in [1.165, 1.54) is 0 Å². The van der Waals surface area contributed by atoms with Gasteiger partial charge in [0.2, 0.25) is 5.91 Å². The maximum Gasteiger partial charge on any atom is 0.234 e. The van der Waals surface area contributed by atoms with Crippen molar-refractivity contribution in [2.45, 2.75) is 38.6 Å². The van der Waals surface area contributed by atoms with Crippen molar-refractivity contribution in [2.75, 3.05) is 19.6 Å². The molecular weight excluding hydrogens is 190 g/mol. The third kappa shape index (κ3) is 3.47. The Morgan fingerprint density at radius 3 is 2.47 bits per heavy atom. The molecule has 1 aliphatic heterocycles. The molecule has 1 aliphatic rings. The smallest absolute Gasteiger partial charge is 0.234 e. The molecule has 88 valence electrons. The van der Waals surface area contributed by atoms with Gasteiger partial charge in [-0.25, -0.2) is 0 Å². The Morgan fingerprint density at radius 1 is 1.47 bits per heavy atom. The first-order valence-corrected chi connectivity index (χ1v) is 5.92. The summed E-state index contributed by atoms with van der Waals surface area (Å²) in [6, 6.07) is -0.0659. The van der Waals surface area contributed by atoms with Crippen LogP contribution in [0.25, 0.3) is 0 Å². The third-order valence-electron chi connectivity index (χ3n) is 3.38. The van der Waals surface area contributed by atoms with E-state index in [-0.39, 0.29) is 11.9 Å². The molecule has 4 N–H and O–H groups in total. The summed E-state index contributed by atoms with van der Waals surface area (Å²) in [5, 5.41) is 0. The summed E-state index contributed by atoms with van der Waals surface area (Å²) in [6.07, 6.45) is 4.24. The Morgan fingerprint density at radius 2 is 2.07 bits per heavy atom. The number of carbonyl (C=O) groups is 1. The van der Waals surface area contributed by atoms with Crippen molar-refractivity contribution in [2.24, 2.45) is 17.4 Å². The normalized spacial score (nSPS) is 21.5. The van der Waals surface area contributed by atoms with Crippen LogP contribution in [0.15, 0.2) is 0 Å². The summed E-state index contributed by atoms with van der Waals surface area (Å²) < 4.78 is 0. The van der Waals surface area contributed by atoms with Crippen molar-refractivity contribution in [1.82, 2.24) is 4.90 Å². The van der Waals surface area contributed by atoms with Crippen LogP contribution in [0, 0.1) is 5.92 Å². The molecule has 0 aromatic carbocycles. The fraction of sp³-hybridized carbons (Fsp3) is 0.909. The topological polar surface area (TPSA) is 72.4 Å². The average Bonchev–Trinajstić information content (AvgIpc) is 2.21. The number of likely N-dealkylation sites (tertiary alicyclic amines) is 1. The minimum absolute atomic E-state index is 0.0659. The summed E-state index contributed by atoms with van der Waals surface area (Å²) in [5.74, 6) is 0.561. The molecule has 4 nitrogen and oxygen atoms in total. The summed E-state index contributed by atoms with van der Waals surface area (Å²) >= 11 is 0. The predicted octanol–water partition coefficient (Wildman–Crippen LogP) is 0.311. The van der Waals surface area contributed by atoms with E-state index in [1.807, 2.05) is 6.92 Å². The van der Waals surface area contributed by atoms with E-state index in [0.29, 0.717) is 0 Å². The molecular formula is C11H23N3O. The lowest BCUT2D eigenvalue weighted by Crippen LogP contribution is -2.48. The van der Waals surface area contributed by atoms with Crippen LogP contribution in [-0.4, -0.2) is 36.5 Å². The zero-order valence-electron chi connectivity index (χ0n) is 9.61. The van der Waals surface area contributed by atoms with Gasteiger partial charge in [0, 0.05) is 0 Å². The minimum atomic E-state index is -0.185. The van der Waals surface area contributed by atoms with E-state index in [0.717, 1.165) is 51.2 Å². The van der Waals surface area contributed by atoms with E-state index in [9.17, 15) is 4.79 Å². The van der Waals surface area contributed by atoms with E-state index >= 15 is 0 Å². The van der Waals surface area contributed by atoms with Gasteiger partial charge >= 0.3 is 0 Å². The fourth-order valence-electron chi connectivity index (χ4n) is 2.43. The van der Waals surface area contributed by atoms with Gasteiger partial charge in [0.05, 0.1) is 6.04 Å². The molecule has 1 unspecified atom stereocenters. The van der Waals surface area contributed by atoms with Crippen LogP contribution in [0.5, 0.6) is 0 Å². The monoisotopic (exact) mass is 213 g/mol. The molecule has 1 atom stereocenters. The number of nitrogens with zero attached hydrogens (tertiary/aromatic N) is 1. The highest BCUT2D eigenvalue weighted by atomic mass is 16.1. The molecule has 0 aromatic rings. The SMILES string of the molecule is CCC(C(N)=O)N1CCC(CCN)CC1. The lowest BCUT2D eigenvalue weighted by atomic mass is 9.92. The standard InChI is InChI=1S/C11H23N3O/c1-2-10(11(13)15)14-7-4-9(3-6-12)5-8-14/h9-10H,2-8,12H2,1H3,(H2,13,15). The molecule has 0 spiro atoms. The summed E-state index contributed by atoms with van der Waals surface area (Å²) in [7, 11) is 0. The van der Waals surface area contributed by atoms with Crippen LogP contribution in [0.4, 0.5) is 0 Å². The maximum absolute atomic E-state index is 11.2. The van der Waals surface area contributed by atoms with Gasteiger partial charge in [-0.3, -0.25) is 9.69 Å². The van der Waals surface area contributed by atoms with Gasteiger partial charge in [0.25, 0.3) is 0 Å². The first-order chi connectivity index (χ1) is 7.19. The number of amides is 1. The Balaban J connectivity index is 2.38. The second kappa shape index (κ2) is 6.08. The molecule has 0 saturated carbocycles. The number of hydrogen-bond acceptors (Lipinski definition) is 3. The van der Waals surface area contributed by atoms with E-state index in [2.05, 4.69) is 4.90 Å². The van der Waals surface area contributed by atoms with Gasteiger partial charge in [-0.05, 0) is 51.2 Å². The molecule has 4 heteroatoms. The van der Waals surface area contributed by atoms with Crippen molar-refractivity contribution in [1.29, 1.82) is 0 Å². The molecule has 0 bridgehead atoms. The summed E-state index contributed by atoms with van der Waals surface area (Å²) in [4.78, 5) is 13.4. The lowest BCUT2D eigenvalue weighted by molar-refractivity contribution is -0.124. The molecule has 1 amide bonds. The van der Waals surface area contributed by atoms with Crippen LogP contribution in [-0.2, 0) is 4.79 Å². The number of piperidine rings is 1. The van der Waals surface area contributed by atoms with Gasteiger partial charge in [-0.1, -0.05) is 6.92 Å². The molecule has 0 radical (unpaired) electrons. The number of primary amides is 1. The van der Waals surface area contributed by atoms with Crippen LogP contribution >= 0.6 is 0 Å². The summed E-state index contributed by atoms with van der Waals surface area (Å²) in [6.45, 7) is 4.78. The molecule has 0 aromatic heterocycles. The minimum Gasteiger partial charge on any atom is -0.368 e. The number of nitrogens with two attached hydrogens (primary N) is 2. The number of carbonyl (C=O) groups excluding carboxylic acids is 1. The van der Waals surface area contributed by atoms with Gasteiger partial charge in [0.15, 0.2) is 0 Å². The molecule has 0 aliphatic carbocycles. The highest BCUT2D eigenvalue weighted by Gasteiger charge is 2.26. The Labute approximate surface area is 92.0 Å². The highest BCUT2D eigenvalue weighted by Crippen LogP contribution is 2.21. The third-order valence-corrected chi connectivity index (χ3v) is 3.38. The van der Waals surface area contributed by atoms with Gasteiger partial charge in [-0.2, -0.15) is 0 Å². The van der Waals surface area contributed by atoms with Gasteiger partial charge in [0.1, 0.15) is 0 Å². The van der Waals surface area contributed by atoms with Crippen molar-refractivity contribution < 1.29 is 4.79 Å². The fourth-order valence-corrected chi connectivity index (χ4v) is 2.43. The lowest BCUT2D eigenvalue weighted by Gasteiger charge is -2.35. The zero-order chi connectivity index (χ0) is 11.3. The first-order valence-electron chi connectivity index (χ1n) is 5.92. The molecule has 1 rings (SSSR count). The molecule has 1 saturated heterocycles. The molecule has 15 heavy (non-hydrogen) atoms. The second-order valence-corrected chi connectivity index (χ2v) is 4.38. The maximum atomic E-state index is 11.2. The van der Waals surface area contributed by atoms with Gasteiger partial charge in [-0.15, -0.1) is 0 Å². The van der Waals surface area contributed by atoms with Crippen LogP contribution in [0.2, 0.25) is 0 Å². The quantitative estimate of drug-likeness (QED) is 0.690. The van der Waals surface area contributed by atoms with Crippen molar-refractivity contribution in [3.8, 4) is 0 Å². The van der Waals surface area contributed by atoms with Crippen LogP contribution in [0.1, 0.15) is 32.6 Å². The number of rotatable bonds is 5. The molecule has 1 fully saturated rings. The largest absolute Gasteiger partial charge is 0.368 e. The van der Waals surface area contributed by atoms with Crippen LogP contribution < -0.4 is 11.5 Å². The summed E-state index contributed by atoms with van der Waals surface area (Å²) in [5.41, 5.74) is 10.9. The van der Waals surface area contributed by atoms with Crippen molar-refractivity contribution >= 4 is 5.91 Å². The average molecular weight is 213 g/mol. The number of hydrogen-bond donors (Lipinski definition) is 2. The zero-order valence-corrected chi connectivity index (χ0v) is 9.61. The van der Waals surface area contributed by atoms with Crippen LogP contribution in [0.3, 0.4) is 0 Å². The Kier molecular flexibility index (Phi) is 5.05. The Hall–Kier alpha value is -0.610. The molecule has 1 heterocycles. The highest BCUT2D eigenvalue weighted by molar-refractivity contribution is 5.79. The van der Waals surface area contributed by atoms with E-state index < -0.39 is 0 Å². The van der Waals surface area contributed by atoms with Crippen molar-refractivity contribution in [3.63, 3.8) is 0 Å². The predicted molar refractivity (Wildman–Crippen MR) is 61.2 cm³/mol. The second-order valence-electron chi connectivity index (χ2n) is 4.38. The van der Waals surface area contributed by atoms with Crippen molar-refractivity contribution in [3.05, 3.63) is 0 Å². The first kappa shape index (κ1) is 12.5. The Bertz CT molecular complexity index is 200.